The van der Waals surface area contributed by atoms with Crippen molar-refractivity contribution in [3.63, 3.8) is 0 Å². The minimum Gasteiger partial charge on any atom is -0.462 e. The standard InChI is InChI=1S/C26H27N5O3S/c1-3-34-24(33)20-8-10-21(11-9-20)27-23(32)19-12-14-30(15-13-19)26-29-31-16-22(28-25(31)35-26)18-6-4-17(2)5-7-18/h4-11,16,19H,3,12-15H2,1-2H3,(H,27,32). The van der Waals surface area contributed by atoms with Crippen molar-refractivity contribution in [2.75, 3.05) is 29.9 Å². The summed E-state index contributed by atoms with van der Waals surface area (Å²) in [4.78, 5) is 32.4. The highest BCUT2D eigenvalue weighted by atomic mass is 32.1. The molecule has 0 unspecified atom stereocenters. The number of rotatable bonds is 6. The first-order chi connectivity index (χ1) is 17.0. The monoisotopic (exact) mass is 489 g/mol. The van der Waals surface area contributed by atoms with Crippen LogP contribution in [0.25, 0.3) is 16.2 Å². The average molecular weight is 490 g/mol. The van der Waals surface area contributed by atoms with E-state index in [1.807, 2.05) is 10.7 Å². The number of benzene rings is 2. The highest BCUT2D eigenvalue weighted by Crippen LogP contribution is 2.30. The second kappa shape index (κ2) is 9.87. The van der Waals surface area contributed by atoms with Crippen molar-refractivity contribution in [3.8, 4) is 11.3 Å². The first-order valence-electron chi connectivity index (χ1n) is 11.8. The lowest BCUT2D eigenvalue weighted by Gasteiger charge is -2.30. The van der Waals surface area contributed by atoms with Gasteiger partial charge in [0.25, 0.3) is 0 Å². The lowest BCUT2D eigenvalue weighted by atomic mass is 9.96. The molecular weight excluding hydrogens is 462 g/mol. The van der Waals surface area contributed by atoms with Gasteiger partial charge < -0.3 is 15.0 Å². The minimum atomic E-state index is -0.362. The summed E-state index contributed by atoms with van der Waals surface area (Å²) in [5.41, 5.74) is 4.37. The molecule has 180 valence electrons. The maximum atomic E-state index is 12.8. The number of anilines is 2. The van der Waals surface area contributed by atoms with E-state index in [9.17, 15) is 9.59 Å². The van der Waals surface area contributed by atoms with Crippen molar-refractivity contribution < 1.29 is 14.3 Å². The molecule has 3 heterocycles. The Morgan fingerprint density at radius 3 is 2.46 bits per heavy atom. The van der Waals surface area contributed by atoms with Crippen LogP contribution in [-0.4, -0.2) is 46.2 Å². The Labute approximate surface area is 207 Å². The van der Waals surface area contributed by atoms with Gasteiger partial charge >= 0.3 is 5.97 Å². The number of aryl methyl sites for hydroxylation is 1. The van der Waals surface area contributed by atoms with Crippen LogP contribution >= 0.6 is 11.3 Å². The van der Waals surface area contributed by atoms with Crippen LogP contribution in [0.15, 0.2) is 54.7 Å². The van der Waals surface area contributed by atoms with E-state index in [4.69, 9.17) is 14.8 Å². The SMILES string of the molecule is CCOC(=O)c1ccc(NC(=O)C2CCN(c3nn4cc(-c5ccc(C)cc5)nc4s3)CC2)cc1. The van der Waals surface area contributed by atoms with Gasteiger partial charge in [-0.15, -0.1) is 5.10 Å². The third kappa shape index (κ3) is 5.05. The molecule has 0 spiro atoms. The van der Waals surface area contributed by atoms with Gasteiger partial charge in [0, 0.05) is 30.3 Å². The van der Waals surface area contributed by atoms with Crippen molar-refractivity contribution in [2.24, 2.45) is 5.92 Å². The number of amides is 1. The summed E-state index contributed by atoms with van der Waals surface area (Å²) in [6.07, 6.45) is 3.47. The summed E-state index contributed by atoms with van der Waals surface area (Å²) < 4.78 is 6.84. The van der Waals surface area contributed by atoms with Crippen LogP contribution in [0.4, 0.5) is 10.8 Å². The molecule has 1 amide bonds. The molecule has 0 radical (unpaired) electrons. The Morgan fingerprint density at radius 2 is 1.80 bits per heavy atom. The van der Waals surface area contributed by atoms with Gasteiger partial charge in [-0.3, -0.25) is 4.79 Å². The number of nitrogens with one attached hydrogen (secondary N) is 1. The Kier molecular flexibility index (Phi) is 6.50. The Hall–Kier alpha value is -3.72. The van der Waals surface area contributed by atoms with Crippen molar-refractivity contribution in [2.45, 2.75) is 26.7 Å². The quantitative estimate of drug-likeness (QED) is 0.392. The number of nitrogens with zero attached hydrogens (tertiary/aromatic N) is 4. The third-order valence-electron chi connectivity index (χ3n) is 6.18. The van der Waals surface area contributed by atoms with E-state index in [0.717, 1.165) is 47.3 Å². The molecule has 0 atom stereocenters. The molecule has 35 heavy (non-hydrogen) atoms. The minimum absolute atomic E-state index is 0.00483. The molecule has 0 saturated carbocycles. The molecule has 1 saturated heterocycles. The fourth-order valence-corrected chi connectivity index (χ4v) is 5.10. The van der Waals surface area contributed by atoms with E-state index in [-0.39, 0.29) is 17.8 Å². The summed E-state index contributed by atoms with van der Waals surface area (Å²) in [6, 6.07) is 15.1. The maximum Gasteiger partial charge on any atom is 0.338 e. The van der Waals surface area contributed by atoms with Crippen molar-refractivity contribution in [3.05, 3.63) is 65.9 Å². The molecule has 1 aliphatic rings. The van der Waals surface area contributed by atoms with Gasteiger partial charge in [0.2, 0.25) is 16.0 Å². The lowest BCUT2D eigenvalue weighted by Crippen LogP contribution is -2.38. The zero-order valence-corrected chi connectivity index (χ0v) is 20.5. The van der Waals surface area contributed by atoms with Gasteiger partial charge in [-0.1, -0.05) is 41.2 Å². The van der Waals surface area contributed by atoms with Crippen molar-refractivity contribution in [1.29, 1.82) is 0 Å². The molecule has 5 rings (SSSR count). The van der Waals surface area contributed by atoms with Crippen LogP contribution in [-0.2, 0) is 9.53 Å². The van der Waals surface area contributed by atoms with Crippen LogP contribution in [0.1, 0.15) is 35.7 Å². The highest BCUT2D eigenvalue weighted by Gasteiger charge is 2.27. The van der Waals surface area contributed by atoms with Gasteiger partial charge in [-0.2, -0.15) is 0 Å². The predicted molar refractivity (Wildman–Crippen MR) is 137 cm³/mol. The third-order valence-corrected chi connectivity index (χ3v) is 7.16. The summed E-state index contributed by atoms with van der Waals surface area (Å²) in [6.45, 7) is 5.70. The van der Waals surface area contributed by atoms with Crippen LogP contribution in [0.3, 0.4) is 0 Å². The van der Waals surface area contributed by atoms with E-state index < -0.39 is 0 Å². The van der Waals surface area contributed by atoms with Crippen LogP contribution in [0.2, 0.25) is 0 Å². The second-order valence-corrected chi connectivity index (χ2v) is 9.59. The van der Waals surface area contributed by atoms with E-state index in [1.54, 1.807) is 42.5 Å². The summed E-state index contributed by atoms with van der Waals surface area (Å²) in [5, 5.41) is 8.63. The predicted octanol–water partition coefficient (Wildman–Crippen LogP) is 4.80. The van der Waals surface area contributed by atoms with Gasteiger partial charge in [-0.05, 0) is 51.0 Å². The first-order valence-corrected chi connectivity index (χ1v) is 12.6. The van der Waals surface area contributed by atoms with E-state index in [1.165, 1.54) is 5.56 Å². The highest BCUT2D eigenvalue weighted by molar-refractivity contribution is 7.20. The molecule has 9 heteroatoms. The number of carbonyl (C=O) groups is 2. The normalized spacial score (nSPS) is 14.3. The zero-order valence-electron chi connectivity index (χ0n) is 19.7. The first kappa shape index (κ1) is 23.0. The average Bonchev–Trinajstić information content (AvgIpc) is 3.45. The van der Waals surface area contributed by atoms with E-state index >= 15 is 0 Å². The second-order valence-electron chi connectivity index (χ2n) is 8.65. The number of fused-ring (bicyclic) bond motifs is 1. The largest absolute Gasteiger partial charge is 0.462 e. The molecule has 0 aliphatic carbocycles. The number of hydrogen-bond acceptors (Lipinski definition) is 7. The lowest BCUT2D eigenvalue weighted by molar-refractivity contribution is -0.120. The molecule has 1 N–H and O–H groups in total. The topological polar surface area (TPSA) is 88.8 Å². The number of imidazole rings is 1. The maximum absolute atomic E-state index is 12.8. The number of hydrogen-bond donors (Lipinski definition) is 1. The Morgan fingerprint density at radius 1 is 1.09 bits per heavy atom. The molecular formula is C26H27N5O3S. The van der Waals surface area contributed by atoms with Gasteiger partial charge in [0.15, 0.2) is 0 Å². The van der Waals surface area contributed by atoms with Crippen molar-refractivity contribution in [1.82, 2.24) is 14.6 Å². The fraction of sp³-hybridized carbons (Fsp3) is 0.308. The number of piperidine rings is 1. The fourth-order valence-electron chi connectivity index (χ4n) is 4.16. The zero-order chi connectivity index (χ0) is 24.4. The number of carbonyl (C=O) groups excluding carboxylic acids is 2. The van der Waals surface area contributed by atoms with Crippen LogP contribution in [0.5, 0.6) is 0 Å². The van der Waals surface area contributed by atoms with Gasteiger partial charge in [0.1, 0.15) is 0 Å². The van der Waals surface area contributed by atoms with Gasteiger partial charge in [0.05, 0.1) is 24.1 Å². The van der Waals surface area contributed by atoms with Crippen LogP contribution < -0.4 is 10.2 Å². The van der Waals surface area contributed by atoms with Gasteiger partial charge in [-0.25, -0.2) is 14.3 Å². The van der Waals surface area contributed by atoms with E-state index in [2.05, 4.69) is 41.4 Å². The summed E-state index contributed by atoms with van der Waals surface area (Å²) in [5.74, 6) is -0.419. The molecule has 1 aliphatic heterocycles. The molecule has 8 nitrogen and oxygen atoms in total. The molecule has 1 fully saturated rings. The Balaban J connectivity index is 1.17. The van der Waals surface area contributed by atoms with Crippen LogP contribution in [0, 0.1) is 12.8 Å². The molecule has 4 aromatic rings. The molecule has 2 aromatic heterocycles. The Bertz CT molecular complexity index is 1300. The van der Waals surface area contributed by atoms with E-state index in [0.29, 0.717) is 17.9 Å². The number of esters is 1. The molecule has 0 bridgehead atoms. The smallest absolute Gasteiger partial charge is 0.338 e. The number of aromatic nitrogens is 3. The van der Waals surface area contributed by atoms with Crippen molar-refractivity contribution >= 4 is 39.0 Å². The summed E-state index contributed by atoms with van der Waals surface area (Å²) in [7, 11) is 0. The molecule has 2 aromatic carbocycles. The number of ether oxygens (including phenoxy) is 1. The summed E-state index contributed by atoms with van der Waals surface area (Å²) >= 11 is 1.57.